The van der Waals surface area contributed by atoms with Crippen molar-refractivity contribution in [2.75, 3.05) is 25.2 Å². The van der Waals surface area contributed by atoms with Crippen LogP contribution in [0, 0.1) is 18.8 Å². The van der Waals surface area contributed by atoms with Crippen LogP contribution in [-0.4, -0.2) is 69.4 Å². The summed E-state index contributed by atoms with van der Waals surface area (Å²) in [6.45, 7) is 5.97. The highest BCUT2D eigenvalue weighted by Crippen LogP contribution is 2.36. The third-order valence-electron chi connectivity index (χ3n) is 4.44. The van der Waals surface area contributed by atoms with Gasteiger partial charge in [0.1, 0.15) is 11.2 Å². The molecule has 11 heteroatoms. The van der Waals surface area contributed by atoms with Gasteiger partial charge < -0.3 is 0 Å². The molecule has 9 nitrogen and oxygen atoms in total. The van der Waals surface area contributed by atoms with Crippen LogP contribution in [0.5, 0.6) is 0 Å². The second kappa shape index (κ2) is 8.54. The molecule has 0 aliphatic carbocycles. The van der Waals surface area contributed by atoms with Crippen molar-refractivity contribution in [1.82, 2.24) is 15.1 Å². The Bertz CT molecular complexity index is 963. The minimum atomic E-state index is -0.678. The number of amides is 4. The lowest BCUT2D eigenvalue weighted by Crippen LogP contribution is -2.52. The van der Waals surface area contributed by atoms with Gasteiger partial charge in [-0.25, -0.2) is 4.79 Å². The molecule has 2 aliphatic rings. The van der Waals surface area contributed by atoms with Gasteiger partial charge in [0.05, 0.1) is 19.8 Å². The highest BCUT2D eigenvalue weighted by atomic mass is 32.2. The van der Waals surface area contributed by atoms with Crippen LogP contribution >= 0.6 is 23.1 Å². The number of thioether (sulfide) groups is 1. The second-order valence-electron chi connectivity index (χ2n) is 7.24. The number of nitrogens with one attached hydrogen (secondary N) is 1. The summed E-state index contributed by atoms with van der Waals surface area (Å²) in [7, 11) is 3.07. The largest absolute Gasteiger partial charge is 0.445 e. The normalized spacial score (nSPS) is 19.4. The Morgan fingerprint density at radius 2 is 2.10 bits per heavy atom. The second-order valence-corrected chi connectivity index (χ2v) is 9.44. The van der Waals surface area contributed by atoms with Crippen LogP contribution in [-0.2, 0) is 9.59 Å². The van der Waals surface area contributed by atoms with E-state index in [2.05, 4.69) is 34.4 Å². The third-order valence-corrected chi connectivity index (χ3v) is 6.41. The number of imide groups is 1. The summed E-state index contributed by atoms with van der Waals surface area (Å²) in [5.41, 5.74) is 0.919. The monoisotopic (exact) mass is 435 g/mol. The van der Waals surface area contributed by atoms with Crippen molar-refractivity contribution in [3.8, 4) is 0 Å². The first-order chi connectivity index (χ1) is 13.7. The minimum absolute atomic E-state index is 0.113. The number of anilines is 1. The van der Waals surface area contributed by atoms with E-state index in [-0.39, 0.29) is 17.6 Å². The third kappa shape index (κ3) is 4.45. The molecule has 1 N–H and O–H groups in total. The lowest BCUT2D eigenvalue weighted by Gasteiger charge is -2.28. The topological polar surface area (TPSA) is 108 Å². The van der Waals surface area contributed by atoms with Gasteiger partial charge in [-0.3, -0.25) is 14.9 Å². The zero-order valence-corrected chi connectivity index (χ0v) is 18.6. The van der Waals surface area contributed by atoms with Gasteiger partial charge in [0.15, 0.2) is 5.92 Å². The number of hydrogen-bond acceptors (Lipinski definition) is 8. The van der Waals surface area contributed by atoms with Gasteiger partial charge in [0.2, 0.25) is 11.0 Å². The molecule has 1 unspecified atom stereocenters. The fraction of sp³-hybridized carbons (Fsp3) is 0.500. The molecule has 0 saturated carbocycles. The molecule has 0 saturated heterocycles. The molecule has 4 amide bonds. The minimum Gasteiger partial charge on any atom is -0.300 e. The van der Waals surface area contributed by atoms with Gasteiger partial charge in [-0.1, -0.05) is 25.2 Å². The number of dihydropyridines is 1. The first-order valence-corrected chi connectivity index (χ1v) is 10.9. The number of aromatic nitrogens is 2. The lowest BCUT2D eigenvalue weighted by molar-refractivity contribution is -0.407. The Balaban J connectivity index is 1.87. The van der Waals surface area contributed by atoms with Crippen molar-refractivity contribution < 1.29 is 19.0 Å². The molecule has 0 fully saturated rings. The Morgan fingerprint density at radius 3 is 2.72 bits per heavy atom. The summed E-state index contributed by atoms with van der Waals surface area (Å²) in [4.78, 5) is 43.9. The maximum absolute atomic E-state index is 12.9. The molecule has 154 valence electrons. The number of urea groups is 1. The fourth-order valence-electron chi connectivity index (χ4n) is 3.11. The van der Waals surface area contributed by atoms with E-state index in [1.165, 1.54) is 34.7 Å². The van der Waals surface area contributed by atoms with Crippen LogP contribution in [0.25, 0.3) is 0 Å². The van der Waals surface area contributed by atoms with Crippen molar-refractivity contribution in [3.05, 3.63) is 15.5 Å². The van der Waals surface area contributed by atoms with E-state index >= 15 is 0 Å². The molecule has 1 atom stereocenters. The predicted molar refractivity (Wildman–Crippen MR) is 114 cm³/mol. The summed E-state index contributed by atoms with van der Waals surface area (Å²) >= 11 is 2.60. The fourth-order valence-corrected chi connectivity index (χ4v) is 4.77. The quantitative estimate of drug-likeness (QED) is 0.686. The number of aliphatic imine (C=N–C) groups is 1. The summed E-state index contributed by atoms with van der Waals surface area (Å²) in [5, 5.41) is 11.7. The predicted octanol–water partition coefficient (Wildman–Crippen LogP) is 2.15. The average Bonchev–Trinajstić information content (AvgIpc) is 3.07. The maximum Gasteiger partial charge on any atom is 0.445 e. The van der Waals surface area contributed by atoms with E-state index in [0.29, 0.717) is 16.9 Å². The van der Waals surface area contributed by atoms with Crippen LogP contribution < -0.4 is 5.32 Å². The number of rotatable bonds is 6. The van der Waals surface area contributed by atoms with Crippen molar-refractivity contribution in [2.24, 2.45) is 16.8 Å². The van der Waals surface area contributed by atoms with Crippen LogP contribution in [0.2, 0.25) is 0 Å². The highest BCUT2D eigenvalue weighted by molar-refractivity contribution is 8.03. The number of nitrogens with zero attached hydrogens (tertiary/aromatic N) is 5. The van der Waals surface area contributed by atoms with Crippen LogP contribution in [0.15, 0.2) is 15.5 Å². The van der Waals surface area contributed by atoms with Crippen LogP contribution in [0.4, 0.5) is 9.93 Å². The van der Waals surface area contributed by atoms with Crippen molar-refractivity contribution >= 4 is 58.1 Å². The van der Waals surface area contributed by atoms with Crippen LogP contribution in [0.1, 0.15) is 25.3 Å². The van der Waals surface area contributed by atoms with Gasteiger partial charge in [0.25, 0.3) is 5.84 Å². The Kier molecular flexibility index (Phi) is 6.27. The van der Waals surface area contributed by atoms with Crippen molar-refractivity contribution in [3.63, 3.8) is 0 Å². The van der Waals surface area contributed by atoms with Gasteiger partial charge in [0, 0.05) is 4.91 Å². The highest BCUT2D eigenvalue weighted by Gasteiger charge is 2.48. The van der Waals surface area contributed by atoms with E-state index in [4.69, 9.17) is 0 Å². The van der Waals surface area contributed by atoms with Crippen molar-refractivity contribution in [1.29, 1.82) is 0 Å². The number of aryl methyl sites for hydroxylation is 1. The number of carbonyl (C=O) groups excluding carboxylic acids is 3. The van der Waals surface area contributed by atoms with E-state index in [0.717, 1.165) is 26.8 Å². The molecule has 3 heterocycles. The molecule has 29 heavy (non-hydrogen) atoms. The summed E-state index contributed by atoms with van der Waals surface area (Å²) in [6, 6.07) is -0.417. The molecule has 0 spiro atoms. The molecule has 0 bridgehead atoms. The smallest absolute Gasteiger partial charge is 0.300 e. The number of amidine groups is 1. The Hall–Kier alpha value is -2.40. The van der Waals surface area contributed by atoms with Gasteiger partial charge in [-0.2, -0.15) is 9.48 Å². The summed E-state index contributed by atoms with van der Waals surface area (Å²) < 4.78 is 1.39. The lowest BCUT2D eigenvalue weighted by atomic mass is 9.94. The Labute approximate surface area is 177 Å². The maximum atomic E-state index is 12.9. The van der Waals surface area contributed by atoms with Gasteiger partial charge >= 0.3 is 11.9 Å². The summed E-state index contributed by atoms with van der Waals surface area (Å²) in [5.74, 6) is -0.377. The molecule has 0 radical (unpaired) electrons. The molecule has 1 aromatic heterocycles. The SMILES string of the molecule is Cc1nnc(NC(=O)CSC2=C(CC(C)C)C=NC3=[N+](C)C(=O)N(C)C(=O)C23)s1. The number of fused-ring (bicyclic) bond motifs is 1. The van der Waals surface area contributed by atoms with Crippen molar-refractivity contribution in [2.45, 2.75) is 27.2 Å². The summed E-state index contributed by atoms with van der Waals surface area (Å²) in [6.07, 6.45) is 2.43. The molecule has 1 aromatic rings. The Morgan fingerprint density at radius 1 is 1.38 bits per heavy atom. The zero-order chi connectivity index (χ0) is 21.3. The van der Waals surface area contributed by atoms with Crippen LogP contribution in [0.3, 0.4) is 0 Å². The molecule has 2 aliphatic heterocycles. The first-order valence-electron chi connectivity index (χ1n) is 9.11. The molecule has 0 aromatic carbocycles. The standard InChI is InChI=1S/C18H22N6O3S2/c1-9(2)6-11-7-19-15-13(16(26)24(5)18(27)23(15)4)14(11)28-8-12(25)20-17-22-21-10(3)29-17/h7,9,13H,6,8H2,1-5H3/p+1. The number of carbonyl (C=O) groups is 3. The number of hydrogen-bond donors (Lipinski definition) is 1. The van der Waals surface area contributed by atoms with E-state index in [1.54, 1.807) is 13.3 Å². The molecule has 3 rings (SSSR count). The van der Waals surface area contributed by atoms with Gasteiger partial charge in [-0.15, -0.1) is 27.0 Å². The zero-order valence-electron chi connectivity index (χ0n) is 16.9. The first kappa shape index (κ1) is 21.3. The van der Waals surface area contributed by atoms with E-state index in [1.807, 2.05) is 6.92 Å². The van der Waals surface area contributed by atoms with E-state index < -0.39 is 11.9 Å². The van der Waals surface area contributed by atoms with E-state index in [9.17, 15) is 14.4 Å². The average molecular weight is 436 g/mol. The van der Waals surface area contributed by atoms with Gasteiger partial charge in [-0.05, 0) is 24.8 Å². The molecular weight excluding hydrogens is 412 g/mol. The molecular formula is C18H23N6O3S2+. The number of allylic oxidation sites excluding steroid dienone is 1.